The van der Waals surface area contributed by atoms with Crippen molar-refractivity contribution >= 4 is 12.0 Å². The Kier molecular flexibility index (Phi) is 7.80. The molecule has 0 aromatic heterocycles. The van der Waals surface area contributed by atoms with Gasteiger partial charge in [-0.05, 0) is 64.5 Å². The van der Waals surface area contributed by atoms with Crippen LogP contribution in [0.15, 0.2) is 0 Å². The summed E-state index contributed by atoms with van der Waals surface area (Å²) in [6.45, 7) is 6.08. The molecule has 27 heavy (non-hydrogen) atoms. The van der Waals surface area contributed by atoms with Gasteiger partial charge in [0.05, 0.1) is 12.6 Å². The first-order valence-electron chi connectivity index (χ1n) is 11.1. The van der Waals surface area contributed by atoms with Crippen LogP contribution in [-0.2, 0) is 9.53 Å². The Morgan fingerprint density at radius 1 is 1.11 bits per heavy atom. The van der Waals surface area contributed by atoms with Crippen LogP contribution in [-0.4, -0.2) is 66.7 Å². The summed E-state index contributed by atoms with van der Waals surface area (Å²) in [5.41, 5.74) is 0. The summed E-state index contributed by atoms with van der Waals surface area (Å²) >= 11 is 0. The van der Waals surface area contributed by atoms with Crippen molar-refractivity contribution in [2.75, 3.05) is 32.8 Å². The number of nitrogens with one attached hydrogen (secondary N) is 1. The van der Waals surface area contributed by atoms with Crippen LogP contribution in [0.5, 0.6) is 0 Å². The number of rotatable bonds is 8. The molecule has 2 heterocycles. The number of hydrogen-bond donors (Lipinski definition) is 1. The number of amides is 2. The van der Waals surface area contributed by atoms with Gasteiger partial charge in [0.1, 0.15) is 0 Å². The SMILES string of the molecule is CCOC(=O)CCC1CN(C2CCCCC2)C(=O)N1CCC1CCNCC1. The number of carbonyl (C=O) groups is 2. The quantitative estimate of drug-likeness (QED) is 0.658. The minimum absolute atomic E-state index is 0.139. The van der Waals surface area contributed by atoms with Crippen LogP contribution in [0.1, 0.15) is 71.1 Å². The number of piperidine rings is 1. The first-order valence-corrected chi connectivity index (χ1v) is 11.1. The zero-order valence-electron chi connectivity index (χ0n) is 17.0. The van der Waals surface area contributed by atoms with E-state index in [2.05, 4.69) is 15.1 Å². The molecule has 1 N–H and O–H groups in total. The predicted molar refractivity (Wildman–Crippen MR) is 106 cm³/mol. The van der Waals surface area contributed by atoms with Gasteiger partial charge in [0.2, 0.25) is 0 Å². The standard InChI is InChI=1S/C21H37N3O3/c1-2-27-20(25)9-8-19-16-24(18-6-4-3-5-7-18)21(26)23(19)15-12-17-10-13-22-14-11-17/h17-19,22H,2-16H2,1H3. The van der Waals surface area contributed by atoms with Crippen LogP contribution in [0.3, 0.4) is 0 Å². The third kappa shape index (κ3) is 5.59. The van der Waals surface area contributed by atoms with Crippen LogP contribution in [0.2, 0.25) is 0 Å². The van der Waals surface area contributed by atoms with Gasteiger partial charge in [-0.2, -0.15) is 0 Å². The van der Waals surface area contributed by atoms with Crippen molar-refractivity contribution in [3.63, 3.8) is 0 Å². The molecule has 0 radical (unpaired) electrons. The first-order chi connectivity index (χ1) is 13.2. The molecular weight excluding hydrogens is 342 g/mol. The van der Waals surface area contributed by atoms with Crippen molar-refractivity contribution in [3.8, 4) is 0 Å². The average Bonchev–Trinajstić information content (AvgIpc) is 3.02. The molecule has 154 valence electrons. The maximum atomic E-state index is 13.2. The van der Waals surface area contributed by atoms with E-state index >= 15 is 0 Å². The minimum atomic E-state index is -0.139. The Morgan fingerprint density at radius 2 is 1.85 bits per heavy atom. The number of esters is 1. The molecular formula is C21H37N3O3. The summed E-state index contributed by atoms with van der Waals surface area (Å²) in [4.78, 5) is 29.2. The molecule has 6 heteroatoms. The molecule has 0 aromatic rings. The molecule has 2 saturated heterocycles. The number of carbonyl (C=O) groups excluding carboxylic acids is 2. The maximum absolute atomic E-state index is 13.2. The fraction of sp³-hybridized carbons (Fsp3) is 0.905. The molecule has 1 unspecified atom stereocenters. The van der Waals surface area contributed by atoms with Crippen molar-refractivity contribution in [3.05, 3.63) is 0 Å². The molecule has 2 aliphatic heterocycles. The number of hydrogen-bond acceptors (Lipinski definition) is 4. The highest BCUT2D eigenvalue weighted by Gasteiger charge is 2.40. The number of urea groups is 1. The fourth-order valence-electron chi connectivity index (χ4n) is 4.96. The Morgan fingerprint density at radius 3 is 2.56 bits per heavy atom. The summed E-state index contributed by atoms with van der Waals surface area (Å²) in [6, 6.07) is 0.774. The van der Waals surface area contributed by atoms with Gasteiger partial charge in [0, 0.05) is 25.6 Å². The van der Waals surface area contributed by atoms with E-state index in [1.165, 1.54) is 32.1 Å². The van der Waals surface area contributed by atoms with Gasteiger partial charge in [-0.1, -0.05) is 19.3 Å². The van der Waals surface area contributed by atoms with E-state index in [-0.39, 0.29) is 18.0 Å². The van der Waals surface area contributed by atoms with Crippen LogP contribution in [0.25, 0.3) is 0 Å². The van der Waals surface area contributed by atoms with E-state index < -0.39 is 0 Å². The molecule has 3 fully saturated rings. The van der Waals surface area contributed by atoms with Crippen molar-refractivity contribution in [1.82, 2.24) is 15.1 Å². The third-order valence-corrected chi connectivity index (χ3v) is 6.58. The summed E-state index contributed by atoms with van der Waals surface area (Å²) in [5.74, 6) is 0.577. The Labute approximate surface area is 164 Å². The van der Waals surface area contributed by atoms with E-state index in [0.717, 1.165) is 51.9 Å². The van der Waals surface area contributed by atoms with Crippen molar-refractivity contribution in [1.29, 1.82) is 0 Å². The van der Waals surface area contributed by atoms with Crippen molar-refractivity contribution in [2.24, 2.45) is 5.92 Å². The molecule has 0 bridgehead atoms. The Bertz CT molecular complexity index is 487. The lowest BCUT2D eigenvalue weighted by atomic mass is 9.94. The topological polar surface area (TPSA) is 61.9 Å². The lowest BCUT2D eigenvalue weighted by Crippen LogP contribution is -2.41. The fourth-order valence-corrected chi connectivity index (χ4v) is 4.96. The molecule has 0 aromatic carbocycles. The summed E-state index contributed by atoms with van der Waals surface area (Å²) < 4.78 is 5.10. The normalized spacial score (nSPS) is 25.2. The average molecular weight is 380 g/mol. The molecule has 1 aliphatic carbocycles. The van der Waals surface area contributed by atoms with E-state index in [0.29, 0.717) is 25.0 Å². The maximum Gasteiger partial charge on any atom is 0.320 e. The summed E-state index contributed by atoms with van der Waals surface area (Å²) in [5, 5.41) is 3.41. The van der Waals surface area contributed by atoms with Crippen molar-refractivity contribution in [2.45, 2.75) is 83.2 Å². The number of nitrogens with zero attached hydrogens (tertiary/aromatic N) is 2. The predicted octanol–water partition coefficient (Wildman–Crippen LogP) is 3.16. The molecule has 2 amide bonds. The second-order valence-electron chi connectivity index (χ2n) is 8.40. The summed E-state index contributed by atoms with van der Waals surface area (Å²) in [7, 11) is 0. The van der Waals surface area contributed by atoms with Gasteiger partial charge in [-0.3, -0.25) is 4.79 Å². The second-order valence-corrected chi connectivity index (χ2v) is 8.40. The van der Waals surface area contributed by atoms with Crippen LogP contribution < -0.4 is 5.32 Å². The van der Waals surface area contributed by atoms with E-state index in [1.54, 1.807) is 0 Å². The molecule has 6 nitrogen and oxygen atoms in total. The van der Waals surface area contributed by atoms with Gasteiger partial charge in [-0.15, -0.1) is 0 Å². The number of ether oxygens (including phenoxy) is 1. The van der Waals surface area contributed by atoms with Gasteiger partial charge in [0.15, 0.2) is 0 Å². The third-order valence-electron chi connectivity index (χ3n) is 6.58. The van der Waals surface area contributed by atoms with E-state index in [9.17, 15) is 9.59 Å². The van der Waals surface area contributed by atoms with Crippen molar-refractivity contribution < 1.29 is 14.3 Å². The lowest BCUT2D eigenvalue weighted by molar-refractivity contribution is -0.143. The first kappa shape index (κ1) is 20.4. The molecule has 3 rings (SSSR count). The molecule has 0 spiro atoms. The largest absolute Gasteiger partial charge is 0.466 e. The molecule has 1 atom stereocenters. The summed E-state index contributed by atoms with van der Waals surface area (Å²) in [6.07, 6.45) is 10.7. The van der Waals surface area contributed by atoms with Crippen LogP contribution in [0.4, 0.5) is 4.79 Å². The van der Waals surface area contributed by atoms with Crippen LogP contribution >= 0.6 is 0 Å². The zero-order chi connectivity index (χ0) is 19.1. The zero-order valence-corrected chi connectivity index (χ0v) is 17.0. The molecule has 1 saturated carbocycles. The highest BCUT2D eigenvalue weighted by molar-refractivity contribution is 5.78. The second kappa shape index (κ2) is 10.3. The lowest BCUT2D eigenvalue weighted by Gasteiger charge is -2.31. The Balaban J connectivity index is 1.59. The van der Waals surface area contributed by atoms with Crippen LogP contribution in [0, 0.1) is 5.92 Å². The highest BCUT2D eigenvalue weighted by Crippen LogP contribution is 2.30. The van der Waals surface area contributed by atoms with E-state index in [1.807, 2.05) is 6.92 Å². The van der Waals surface area contributed by atoms with Gasteiger partial charge in [0.25, 0.3) is 0 Å². The Hall–Kier alpha value is -1.30. The molecule has 3 aliphatic rings. The van der Waals surface area contributed by atoms with E-state index in [4.69, 9.17) is 4.74 Å². The van der Waals surface area contributed by atoms with Gasteiger partial charge < -0.3 is 19.9 Å². The smallest absolute Gasteiger partial charge is 0.320 e. The highest BCUT2D eigenvalue weighted by atomic mass is 16.5. The van der Waals surface area contributed by atoms with Gasteiger partial charge >= 0.3 is 12.0 Å². The monoisotopic (exact) mass is 379 g/mol. The minimum Gasteiger partial charge on any atom is -0.466 e. The van der Waals surface area contributed by atoms with Gasteiger partial charge in [-0.25, -0.2) is 4.79 Å².